The van der Waals surface area contributed by atoms with Crippen molar-refractivity contribution in [1.82, 2.24) is 5.16 Å². The lowest BCUT2D eigenvalue weighted by molar-refractivity contribution is -0.116. The molecular weight excluding hydrogens is 450 g/mol. The highest BCUT2D eigenvalue weighted by atomic mass is 32.2. The van der Waals surface area contributed by atoms with Gasteiger partial charge in [-0.1, -0.05) is 12.1 Å². The molecule has 0 unspecified atom stereocenters. The third kappa shape index (κ3) is 4.86. The molecule has 1 aromatic heterocycles. The van der Waals surface area contributed by atoms with Gasteiger partial charge in [-0.05, 0) is 48.9 Å². The third-order valence-corrected chi connectivity index (χ3v) is 8.14. The first-order valence-corrected chi connectivity index (χ1v) is 12.5. The SMILES string of the molecule is CC[C@H]1Sc2ccc(S(=O)(=O)CCC(=O)Nc3ccc(-c4ccno4)cc3)cc2NC1=O. The first-order chi connectivity index (χ1) is 15.4. The molecule has 0 spiro atoms. The Bertz CT molecular complexity index is 1240. The molecule has 0 saturated heterocycles. The second kappa shape index (κ2) is 9.17. The normalized spacial score (nSPS) is 15.7. The van der Waals surface area contributed by atoms with Crippen LogP contribution in [-0.2, 0) is 19.4 Å². The molecule has 166 valence electrons. The van der Waals surface area contributed by atoms with Crippen LogP contribution in [0, 0.1) is 0 Å². The predicted molar refractivity (Wildman–Crippen MR) is 122 cm³/mol. The van der Waals surface area contributed by atoms with Crippen LogP contribution in [-0.4, -0.2) is 36.4 Å². The molecule has 2 heterocycles. The van der Waals surface area contributed by atoms with Gasteiger partial charge in [0.15, 0.2) is 15.6 Å². The number of nitrogens with zero attached hydrogens (tertiary/aromatic N) is 1. The van der Waals surface area contributed by atoms with Gasteiger partial charge in [0.25, 0.3) is 0 Å². The van der Waals surface area contributed by atoms with Gasteiger partial charge in [-0.2, -0.15) is 0 Å². The van der Waals surface area contributed by atoms with Crippen LogP contribution in [0.25, 0.3) is 11.3 Å². The number of amides is 2. The monoisotopic (exact) mass is 471 g/mol. The zero-order valence-electron chi connectivity index (χ0n) is 17.2. The summed E-state index contributed by atoms with van der Waals surface area (Å²) in [5.74, 6) is -0.271. The van der Waals surface area contributed by atoms with Gasteiger partial charge in [0.2, 0.25) is 11.8 Å². The minimum Gasteiger partial charge on any atom is -0.356 e. The highest BCUT2D eigenvalue weighted by Gasteiger charge is 2.27. The standard InChI is InChI=1S/C22H21N3O5S2/c1-2-19-22(27)25-17-13-16(7-8-20(17)31-19)32(28,29)12-10-21(26)24-15-5-3-14(4-6-15)18-9-11-23-30-18/h3-9,11,13,19H,2,10,12H2,1H3,(H,24,26)(H,25,27)/t19-/m1/s1. The molecule has 4 rings (SSSR count). The first kappa shape index (κ1) is 22.1. The second-order valence-electron chi connectivity index (χ2n) is 7.23. The number of carbonyl (C=O) groups excluding carboxylic acids is 2. The van der Waals surface area contributed by atoms with E-state index in [2.05, 4.69) is 15.8 Å². The van der Waals surface area contributed by atoms with E-state index in [9.17, 15) is 18.0 Å². The molecule has 0 saturated carbocycles. The topological polar surface area (TPSA) is 118 Å². The number of anilines is 2. The molecule has 0 aliphatic carbocycles. The number of benzene rings is 2. The minimum atomic E-state index is -3.69. The van der Waals surface area contributed by atoms with E-state index in [0.29, 0.717) is 23.6 Å². The molecule has 2 amide bonds. The minimum absolute atomic E-state index is 0.0799. The number of nitrogens with one attached hydrogen (secondary N) is 2. The Morgan fingerprint density at radius 1 is 1.19 bits per heavy atom. The van der Waals surface area contributed by atoms with E-state index in [0.717, 1.165) is 10.5 Å². The Morgan fingerprint density at radius 2 is 1.97 bits per heavy atom. The van der Waals surface area contributed by atoms with Crippen LogP contribution in [0.4, 0.5) is 11.4 Å². The molecule has 2 aromatic carbocycles. The lowest BCUT2D eigenvalue weighted by atomic mass is 10.1. The van der Waals surface area contributed by atoms with Crippen molar-refractivity contribution in [1.29, 1.82) is 0 Å². The van der Waals surface area contributed by atoms with Gasteiger partial charge in [0.05, 0.1) is 27.8 Å². The summed E-state index contributed by atoms with van der Waals surface area (Å²) in [6.45, 7) is 1.93. The number of sulfone groups is 1. The van der Waals surface area contributed by atoms with E-state index >= 15 is 0 Å². The Balaban J connectivity index is 1.37. The van der Waals surface area contributed by atoms with Crippen LogP contribution in [0.2, 0.25) is 0 Å². The van der Waals surface area contributed by atoms with Crippen molar-refractivity contribution >= 4 is 44.8 Å². The van der Waals surface area contributed by atoms with Crippen LogP contribution in [0.3, 0.4) is 0 Å². The van der Waals surface area contributed by atoms with Crippen LogP contribution in [0.15, 0.2) is 69.0 Å². The molecule has 2 N–H and O–H groups in total. The first-order valence-electron chi connectivity index (χ1n) is 10.0. The number of hydrogen-bond acceptors (Lipinski definition) is 7. The fraction of sp³-hybridized carbons (Fsp3) is 0.227. The quantitative estimate of drug-likeness (QED) is 0.535. The summed E-state index contributed by atoms with van der Waals surface area (Å²) in [6, 6.07) is 13.4. The maximum Gasteiger partial charge on any atom is 0.237 e. The predicted octanol–water partition coefficient (Wildman–Crippen LogP) is 3.97. The Hall–Kier alpha value is -3.11. The molecule has 0 bridgehead atoms. The fourth-order valence-electron chi connectivity index (χ4n) is 3.24. The molecule has 0 fully saturated rings. The lowest BCUT2D eigenvalue weighted by Gasteiger charge is -2.23. The van der Waals surface area contributed by atoms with Crippen molar-refractivity contribution in [2.75, 3.05) is 16.4 Å². The third-order valence-electron chi connectivity index (χ3n) is 4.99. The van der Waals surface area contributed by atoms with E-state index in [-0.39, 0.29) is 28.2 Å². The average molecular weight is 472 g/mol. The molecule has 3 aromatic rings. The summed E-state index contributed by atoms with van der Waals surface area (Å²) in [5, 5.41) is 8.94. The molecule has 8 nitrogen and oxygen atoms in total. The smallest absolute Gasteiger partial charge is 0.237 e. The molecule has 0 radical (unpaired) electrons. The number of rotatable bonds is 7. The van der Waals surface area contributed by atoms with Gasteiger partial charge >= 0.3 is 0 Å². The summed E-state index contributed by atoms with van der Waals surface area (Å²) in [6.07, 6.45) is 2.04. The highest BCUT2D eigenvalue weighted by Crippen LogP contribution is 2.38. The summed E-state index contributed by atoms with van der Waals surface area (Å²) >= 11 is 1.42. The summed E-state index contributed by atoms with van der Waals surface area (Å²) in [4.78, 5) is 25.3. The number of hydrogen-bond donors (Lipinski definition) is 2. The van der Waals surface area contributed by atoms with E-state index in [1.165, 1.54) is 23.9 Å². The second-order valence-corrected chi connectivity index (χ2v) is 10.6. The number of carbonyl (C=O) groups is 2. The van der Waals surface area contributed by atoms with E-state index < -0.39 is 15.7 Å². The van der Waals surface area contributed by atoms with E-state index in [1.54, 1.807) is 42.6 Å². The molecule has 1 aliphatic rings. The van der Waals surface area contributed by atoms with Crippen LogP contribution < -0.4 is 10.6 Å². The Kier molecular flexibility index (Phi) is 6.33. The van der Waals surface area contributed by atoms with Gasteiger partial charge in [-0.3, -0.25) is 9.59 Å². The van der Waals surface area contributed by atoms with E-state index in [4.69, 9.17) is 4.52 Å². The highest BCUT2D eigenvalue weighted by molar-refractivity contribution is 8.01. The van der Waals surface area contributed by atoms with Gasteiger partial charge in [-0.25, -0.2) is 8.42 Å². The zero-order valence-corrected chi connectivity index (χ0v) is 18.8. The maximum atomic E-state index is 12.7. The number of thioether (sulfide) groups is 1. The van der Waals surface area contributed by atoms with Crippen molar-refractivity contribution in [3.63, 3.8) is 0 Å². The number of fused-ring (bicyclic) bond motifs is 1. The van der Waals surface area contributed by atoms with Crippen molar-refractivity contribution in [2.45, 2.75) is 34.8 Å². The molecule has 1 aliphatic heterocycles. The van der Waals surface area contributed by atoms with Gasteiger partial charge in [-0.15, -0.1) is 11.8 Å². The molecule has 32 heavy (non-hydrogen) atoms. The summed E-state index contributed by atoms with van der Waals surface area (Å²) in [7, 11) is -3.69. The van der Waals surface area contributed by atoms with Gasteiger partial charge in [0, 0.05) is 28.6 Å². The van der Waals surface area contributed by atoms with Gasteiger partial charge in [0.1, 0.15) is 0 Å². The maximum absolute atomic E-state index is 12.7. The summed E-state index contributed by atoms with van der Waals surface area (Å²) in [5.41, 5.74) is 1.85. The van der Waals surface area contributed by atoms with Crippen molar-refractivity contribution in [2.24, 2.45) is 0 Å². The largest absolute Gasteiger partial charge is 0.356 e. The van der Waals surface area contributed by atoms with Crippen molar-refractivity contribution in [3.8, 4) is 11.3 Å². The zero-order chi connectivity index (χ0) is 22.7. The van der Waals surface area contributed by atoms with Crippen molar-refractivity contribution in [3.05, 3.63) is 54.7 Å². The fourth-order valence-corrected chi connectivity index (χ4v) is 5.53. The number of aromatic nitrogens is 1. The average Bonchev–Trinajstić information content (AvgIpc) is 3.32. The Morgan fingerprint density at radius 3 is 2.66 bits per heavy atom. The van der Waals surface area contributed by atoms with Crippen LogP contribution in [0.5, 0.6) is 0 Å². The van der Waals surface area contributed by atoms with Crippen molar-refractivity contribution < 1.29 is 22.5 Å². The molecular formula is C22H21N3O5S2. The van der Waals surface area contributed by atoms with E-state index in [1.807, 2.05) is 6.92 Å². The van der Waals surface area contributed by atoms with Gasteiger partial charge < -0.3 is 15.2 Å². The molecule has 1 atom stereocenters. The van der Waals surface area contributed by atoms with Crippen LogP contribution >= 0.6 is 11.8 Å². The lowest BCUT2D eigenvalue weighted by Crippen LogP contribution is -2.28. The molecule has 10 heteroatoms. The summed E-state index contributed by atoms with van der Waals surface area (Å²) < 4.78 is 30.6. The van der Waals surface area contributed by atoms with Crippen LogP contribution in [0.1, 0.15) is 19.8 Å². The Labute approximate surface area is 189 Å².